The van der Waals surface area contributed by atoms with E-state index in [1.165, 1.54) is 37.1 Å². The lowest BCUT2D eigenvalue weighted by molar-refractivity contribution is -0.123. The molecule has 1 aliphatic carbocycles. The number of benzene rings is 1. The van der Waals surface area contributed by atoms with Gasteiger partial charge in [-0.1, -0.05) is 5.16 Å². The first-order valence-corrected chi connectivity index (χ1v) is 9.54. The van der Waals surface area contributed by atoms with Gasteiger partial charge in [0.25, 0.3) is 5.91 Å². The predicted molar refractivity (Wildman–Crippen MR) is 96.9 cm³/mol. The molecule has 1 N–H and O–H groups in total. The summed E-state index contributed by atoms with van der Waals surface area (Å²) in [5.41, 5.74) is 2.16. The zero-order valence-electron chi connectivity index (χ0n) is 15.2. The number of likely N-dealkylation sites (tertiary alicyclic amines) is 1. The fourth-order valence-corrected chi connectivity index (χ4v) is 3.81. The van der Waals surface area contributed by atoms with Crippen LogP contribution in [0.15, 0.2) is 28.8 Å². The molecule has 1 atom stereocenters. The highest BCUT2D eigenvalue weighted by atomic mass is 19.1. The Hall–Kier alpha value is -2.41. The minimum atomic E-state index is -0.330. The van der Waals surface area contributed by atoms with E-state index in [0.717, 1.165) is 55.9 Å². The monoisotopic (exact) mass is 373 g/mol. The van der Waals surface area contributed by atoms with Gasteiger partial charge in [0.2, 0.25) is 0 Å². The maximum atomic E-state index is 12.9. The van der Waals surface area contributed by atoms with Gasteiger partial charge in [-0.2, -0.15) is 0 Å². The van der Waals surface area contributed by atoms with Crippen LogP contribution in [0.25, 0.3) is 0 Å². The normalized spacial score (nSPS) is 19.7. The largest absolute Gasteiger partial charge is 0.484 e. The number of amides is 1. The standard InChI is InChI=1S/C20H24FN3O3/c21-14-3-6-16(7-4-14)26-13-20(25)22-15-5-8-19-17(11-15)18(23-27-19)12-24-9-1-2-10-24/h3-4,6-7,15H,1-2,5,8-13H2,(H,22,25). The highest BCUT2D eigenvalue weighted by molar-refractivity contribution is 5.77. The Morgan fingerprint density at radius 1 is 1.30 bits per heavy atom. The van der Waals surface area contributed by atoms with Crippen LogP contribution in [0.4, 0.5) is 4.39 Å². The van der Waals surface area contributed by atoms with E-state index in [1.807, 2.05) is 0 Å². The Kier molecular flexibility index (Phi) is 5.38. The van der Waals surface area contributed by atoms with Gasteiger partial charge in [-0.25, -0.2) is 4.39 Å². The summed E-state index contributed by atoms with van der Waals surface area (Å²) in [6.07, 6.45) is 4.84. The minimum Gasteiger partial charge on any atom is -0.484 e. The number of aromatic nitrogens is 1. The van der Waals surface area contributed by atoms with Crippen LogP contribution in [0, 0.1) is 5.82 Å². The number of aryl methyl sites for hydroxylation is 1. The van der Waals surface area contributed by atoms with E-state index in [0.29, 0.717) is 5.75 Å². The Bertz CT molecular complexity index is 784. The number of nitrogens with zero attached hydrogens (tertiary/aromatic N) is 2. The van der Waals surface area contributed by atoms with Crippen LogP contribution in [0.3, 0.4) is 0 Å². The predicted octanol–water partition coefficient (Wildman–Crippen LogP) is 2.46. The van der Waals surface area contributed by atoms with E-state index in [4.69, 9.17) is 9.26 Å². The van der Waals surface area contributed by atoms with Crippen molar-refractivity contribution in [3.63, 3.8) is 0 Å². The van der Waals surface area contributed by atoms with Gasteiger partial charge in [0, 0.05) is 24.6 Å². The summed E-state index contributed by atoms with van der Waals surface area (Å²) in [5.74, 6) is 0.926. The van der Waals surface area contributed by atoms with E-state index >= 15 is 0 Å². The average Bonchev–Trinajstić information content (AvgIpc) is 3.32. The van der Waals surface area contributed by atoms with E-state index in [-0.39, 0.29) is 24.4 Å². The third-order valence-corrected chi connectivity index (χ3v) is 5.24. The summed E-state index contributed by atoms with van der Waals surface area (Å²) in [7, 11) is 0. The van der Waals surface area contributed by atoms with Crippen molar-refractivity contribution in [2.75, 3.05) is 19.7 Å². The SMILES string of the molecule is O=C(COc1ccc(F)cc1)NC1CCc2onc(CN3CCCC3)c2C1. The second-order valence-corrected chi connectivity index (χ2v) is 7.26. The number of carbonyl (C=O) groups is 1. The molecule has 1 unspecified atom stereocenters. The Morgan fingerprint density at radius 2 is 2.07 bits per heavy atom. The van der Waals surface area contributed by atoms with Crippen molar-refractivity contribution in [2.24, 2.45) is 0 Å². The van der Waals surface area contributed by atoms with Crippen LogP contribution in [-0.2, 0) is 24.2 Å². The number of ether oxygens (including phenoxy) is 1. The Balaban J connectivity index is 1.30. The van der Waals surface area contributed by atoms with Gasteiger partial charge in [0.05, 0.1) is 0 Å². The molecule has 144 valence electrons. The van der Waals surface area contributed by atoms with E-state index in [1.54, 1.807) is 0 Å². The average molecular weight is 373 g/mol. The molecule has 1 aliphatic heterocycles. The van der Waals surface area contributed by atoms with Gasteiger partial charge < -0.3 is 14.6 Å². The molecule has 2 aromatic rings. The van der Waals surface area contributed by atoms with Crippen molar-refractivity contribution in [2.45, 2.75) is 44.7 Å². The molecule has 0 radical (unpaired) electrons. The van der Waals surface area contributed by atoms with Crippen molar-refractivity contribution in [3.05, 3.63) is 47.1 Å². The molecule has 27 heavy (non-hydrogen) atoms. The molecule has 1 aromatic carbocycles. The summed E-state index contributed by atoms with van der Waals surface area (Å²) in [4.78, 5) is 14.6. The van der Waals surface area contributed by atoms with Crippen molar-refractivity contribution in [1.29, 1.82) is 0 Å². The minimum absolute atomic E-state index is 0.0542. The van der Waals surface area contributed by atoms with Crippen LogP contribution in [0.5, 0.6) is 5.75 Å². The fourth-order valence-electron chi connectivity index (χ4n) is 3.81. The smallest absolute Gasteiger partial charge is 0.258 e. The maximum absolute atomic E-state index is 12.9. The fraction of sp³-hybridized carbons (Fsp3) is 0.500. The number of hydrogen-bond donors (Lipinski definition) is 1. The van der Waals surface area contributed by atoms with Gasteiger partial charge in [-0.15, -0.1) is 0 Å². The molecule has 1 aromatic heterocycles. The maximum Gasteiger partial charge on any atom is 0.258 e. The number of carbonyl (C=O) groups excluding carboxylic acids is 1. The first-order chi connectivity index (χ1) is 13.2. The second kappa shape index (κ2) is 8.08. The van der Waals surface area contributed by atoms with Crippen molar-refractivity contribution < 1.29 is 18.4 Å². The van der Waals surface area contributed by atoms with Crippen LogP contribution in [0.2, 0.25) is 0 Å². The molecule has 1 fully saturated rings. The summed E-state index contributed by atoms with van der Waals surface area (Å²) in [5, 5.41) is 7.30. The first kappa shape index (κ1) is 18.0. The van der Waals surface area contributed by atoms with Gasteiger partial charge in [-0.05, 0) is 63.0 Å². The number of halogens is 1. The molecule has 7 heteroatoms. The highest BCUT2D eigenvalue weighted by Gasteiger charge is 2.28. The lowest BCUT2D eigenvalue weighted by Gasteiger charge is -2.23. The van der Waals surface area contributed by atoms with Gasteiger partial charge in [0.1, 0.15) is 23.0 Å². The zero-order valence-corrected chi connectivity index (χ0v) is 15.2. The Labute approximate surface area is 157 Å². The molecule has 1 amide bonds. The molecule has 6 nitrogen and oxygen atoms in total. The van der Waals surface area contributed by atoms with Gasteiger partial charge in [0.15, 0.2) is 6.61 Å². The quantitative estimate of drug-likeness (QED) is 0.843. The molecule has 0 spiro atoms. The lowest BCUT2D eigenvalue weighted by Crippen LogP contribution is -2.41. The van der Waals surface area contributed by atoms with Crippen LogP contribution in [-0.4, -0.2) is 41.7 Å². The zero-order chi connectivity index (χ0) is 18.6. The van der Waals surface area contributed by atoms with E-state index in [9.17, 15) is 9.18 Å². The third-order valence-electron chi connectivity index (χ3n) is 5.24. The second-order valence-electron chi connectivity index (χ2n) is 7.26. The van der Waals surface area contributed by atoms with Gasteiger partial charge >= 0.3 is 0 Å². The van der Waals surface area contributed by atoms with Crippen LogP contribution in [0.1, 0.15) is 36.3 Å². The summed E-state index contributed by atoms with van der Waals surface area (Å²) in [6.45, 7) is 2.97. The molecular formula is C20H24FN3O3. The molecule has 4 rings (SSSR count). The van der Waals surface area contributed by atoms with Crippen molar-refractivity contribution in [1.82, 2.24) is 15.4 Å². The number of fused-ring (bicyclic) bond motifs is 1. The van der Waals surface area contributed by atoms with E-state index < -0.39 is 0 Å². The summed E-state index contributed by atoms with van der Waals surface area (Å²) < 4.78 is 23.8. The lowest BCUT2D eigenvalue weighted by atomic mass is 9.92. The van der Waals surface area contributed by atoms with Crippen molar-refractivity contribution >= 4 is 5.91 Å². The van der Waals surface area contributed by atoms with E-state index in [2.05, 4.69) is 15.4 Å². The number of rotatable bonds is 6. The topological polar surface area (TPSA) is 67.6 Å². The molecule has 2 aliphatic rings. The highest BCUT2D eigenvalue weighted by Crippen LogP contribution is 2.26. The first-order valence-electron chi connectivity index (χ1n) is 9.54. The van der Waals surface area contributed by atoms with Crippen molar-refractivity contribution in [3.8, 4) is 5.75 Å². The molecule has 0 saturated carbocycles. The molecule has 2 heterocycles. The number of hydrogen-bond acceptors (Lipinski definition) is 5. The number of nitrogens with one attached hydrogen (secondary N) is 1. The molecular weight excluding hydrogens is 349 g/mol. The van der Waals surface area contributed by atoms with Crippen LogP contribution >= 0.6 is 0 Å². The molecule has 1 saturated heterocycles. The van der Waals surface area contributed by atoms with Gasteiger partial charge in [-0.3, -0.25) is 9.69 Å². The third kappa shape index (κ3) is 4.47. The molecule has 0 bridgehead atoms. The summed E-state index contributed by atoms with van der Waals surface area (Å²) >= 11 is 0. The summed E-state index contributed by atoms with van der Waals surface area (Å²) in [6, 6.07) is 5.70. The van der Waals surface area contributed by atoms with Crippen LogP contribution < -0.4 is 10.1 Å². The Morgan fingerprint density at radius 3 is 2.85 bits per heavy atom.